The molecule has 24 heavy (non-hydrogen) atoms. The maximum Gasteiger partial charge on any atom is 0.360 e. The molecule has 0 saturated heterocycles. The van der Waals surface area contributed by atoms with Crippen LogP contribution < -0.4 is 5.32 Å². The molecule has 0 bridgehead atoms. The van der Waals surface area contributed by atoms with Crippen LogP contribution in [0.25, 0.3) is 11.6 Å². The number of methoxy groups -OCH3 is 1. The normalized spacial score (nSPS) is 12.2. The van der Waals surface area contributed by atoms with Gasteiger partial charge in [0.2, 0.25) is 11.8 Å². The molecule has 2 heterocycles. The molecule has 7 nitrogen and oxygen atoms in total. The fourth-order valence-electron chi connectivity index (χ4n) is 2.11. The molecule has 0 unspecified atom stereocenters. The largest absolute Gasteiger partial charge is 0.464 e. The van der Waals surface area contributed by atoms with Crippen LogP contribution in [0.2, 0.25) is 0 Å². The van der Waals surface area contributed by atoms with E-state index in [1.165, 1.54) is 18.4 Å². The first kappa shape index (κ1) is 18.1. The Morgan fingerprint density at radius 2 is 2.08 bits per heavy atom. The van der Waals surface area contributed by atoms with Gasteiger partial charge in [0, 0.05) is 11.8 Å². The Kier molecular flexibility index (Phi) is 5.71. The number of carbonyl (C=O) groups excluding carboxylic acids is 2. The number of oxazole rings is 1. The third-order valence-electron chi connectivity index (χ3n) is 3.49. The van der Waals surface area contributed by atoms with E-state index in [2.05, 4.69) is 20.0 Å². The molecule has 2 aromatic rings. The minimum atomic E-state index is -0.548. The number of nitrogens with zero attached hydrogens (tertiary/aromatic N) is 2. The lowest BCUT2D eigenvalue weighted by Gasteiger charge is -2.19. The predicted molar refractivity (Wildman–Crippen MR) is 89.7 cm³/mol. The van der Waals surface area contributed by atoms with Gasteiger partial charge in [-0.25, -0.2) is 14.8 Å². The van der Waals surface area contributed by atoms with Crippen LogP contribution in [0.1, 0.15) is 54.5 Å². The number of aryl methyl sites for hydroxylation is 1. The van der Waals surface area contributed by atoms with E-state index in [0.29, 0.717) is 17.9 Å². The number of amides is 1. The number of hydrogen-bond acceptors (Lipinski definition) is 7. The smallest absolute Gasteiger partial charge is 0.360 e. The fourth-order valence-corrected chi connectivity index (χ4v) is 3.12. The van der Waals surface area contributed by atoms with Gasteiger partial charge in [0.1, 0.15) is 16.5 Å². The van der Waals surface area contributed by atoms with Crippen molar-refractivity contribution in [1.82, 2.24) is 15.3 Å². The molecule has 0 aliphatic heterocycles. The summed E-state index contributed by atoms with van der Waals surface area (Å²) in [6.45, 7) is 7.50. The highest BCUT2D eigenvalue weighted by molar-refractivity contribution is 7.10. The molecule has 0 spiro atoms. The van der Waals surface area contributed by atoms with Crippen molar-refractivity contribution < 1.29 is 18.7 Å². The van der Waals surface area contributed by atoms with Gasteiger partial charge in [-0.2, -0.15) is 0 Å². The third kappa shape index (κ3) is 3.81. The second-order valence-corrected chi connectivity index (χ2v) is 6.52. The molecule has 0 aliphatic carbocycles. The average molecular weight is 351 g/mol. The van der Waals surface area contributed by atoms with E-state index >= 15 is 0 Å². The van der Waals surface area contributed by atoms with Crippen LogP contribution in [-0.2, 0) is 9.53 Å². The summed E-state index contributed by atoms with van der Waals surface area (Å²) in [4.78, 5) is 32.0. The van der Waals surface area contributed by atoms with E-state index in [-0.39, 0.29) is 29.5 Å². The maximum atomic E-state index is 11.7. The summed E-state index contributed by atoms with van der Waals surface area (Å²) in [5, 5.41) is 5.55. The first-order valence-corrected chi connectivity index (χ1v) is 8.56. The zero-order chi connectivity index (χ0) is 17.9. The SMILES string of the molecule is CCC(=O)N[C@H](c1nc(-c2nc(C(=O)OC)c(C)o2)cs1)C(C)C. The molecule has 0 aliphatic rings. The number of ether oxygens (including phenoxy) is 1. The van der Waals surface area contributed by atoms with Crippen LogP contribution in [0.5, 0.6) is 0 Å². The Morgan fingerprint density at radius 1 is 1.38 bits per heavy atom. The molecule has 1 atom stereocenters. The zero-order valence-electron chi connectivity index (χ0n) is 14.4. The van der Waals surface area contributed by atoms with Crippen molar-refractivity contribution in [2.45, 2.75) is 40.2 Å². The van der Waals surface area contributed by atoms with Gasteiger partial charge in [0.15, 0.2) is 5.69 Å². The van der Waals surface area contributed by atoms with Crippen LogP contribution in [-0.4, -0.2) is 29.0 Å². The number of nitrogens with one attached hydrogen (secondary N) is 1. The molecular formula is C16H21N3O4S. The molecule has 8 heteroatoms. The number of hydrogen-bond donors (Lipinski definition) is 1. The second-order valence-electron chi connectivity index (χ2n) is 5.63. The van der Waals surface area contributed by atoms with E-state index in [1.807, 2.05) is 20.8 Å². The lowest BCUT2D eigenvalue weighted by Crippen LogP contribution is -2.31. The number of esters is 1. The van der Waals surface area contributed by atoms with Gasteiger partial charge in [0.05, 0.1) is 13.2 Å². The van der Waals surface area contributed by atoms with Gasteiger partial charge >= 0.3 is 5.97 Å². The summed E-state index contributed by atoms with van der Waals surface area (Å²) < 4.78 is 10.2. The van der Waals surface area contributed by atoms with Crippen molar-refractivity contribution in [2.24, 2.45) is 5.92 Å². The standard InChI is InChI=1S/C16H21N3O4S/c1-6-11(20)18-12(8(2)3)15-17-10(7-24-15)14-19-13(9(4)23-14)16(21)22-5/h7-8,12H,6H2,1-5H3,(H,18,20)/t12-/m0/s1. The van der Waals surface area contributed by atoms with Gasteiger partial charge in [0.25, 0.3) is 0 Å². The number of thiazole rings is 1. The number of carbonyl (C=O) groups is 2. The fraction of sp³-hybridized carbons (Fsp3) is 0.500. The van der Waals surface area contributed by atoms with E-state index in [0.717, 1.165) is 5.01 Å². The van der Waals surface area contributed by atoms with E-state index in [4.69, 9.17) is 4.42 Å². The maximum absolute atomic E-state index is 11.7. The monoisotopic (exact) mass is 351 g/mol. The summed E-state index contributed by atoms with van der Waals surface area (Å²) in [6.07, 6.45) is 0.420. The molecule has 1 amide bonds. The summed E-state index contributed by atoms with van der Waals surface area (Å²) in [5.74, 6) is 0.265. The van der Waals surface area contributed by atoms with Gasteiger partial charge in [-0.1, -0.05) is 20.8 Å². The van der Waals surface area contributed by atoms with Gasteiger partial charge < -0.3 is 14.5 Å². The molecule has 2 aromatic heterocycles. The molecule has 0 fully saturated rings. The first-order chi connectivity index (χ1) is 11.4. The highest BCUT2D eigenvalue weighted by Crippen LogP contribution is 2.30. The molecule has 130 valence electrons. The Hall–Kier alpha value is -2.22. The topological polar surface area (TPSA) is 94.3 Å². The molecule has 0 saturated carbocycles. The summed E-state index contributed by atoms with van der Waals surface area (Å²) in [7, 11) is 1.29. The van der Waals surface area contributed by atoms with Crippen LogP contribution in [0, 0.1) is 12.8 Å². The van der Waals surface area contributed by atoms with Crippen molar-refractivity contribution in [3.05, 3.63) is 21.8 Å². The zero-order valence-corrected chi connectivity index (χ0v) is 15.2. The third-order valence-corrected chi connectivity index (χ3v) is 4.41. The molecule has 0 aromatic carbocycles. The van der Waals surface area contributed by atoms with Crippen LogP contribution in [0.3, 0.4) is 0 Å². The minimum absolute atomic E-state index is 0.0228. The van der Waals surface area contributed by atoms with E-state index in [1.54, 1.807) is 12.3 Å². The van der Waals surface area contributed by atoms with Gasteiger partial charge in [-0.15, -0.1) is 11.3 Å². The van der Waals surface area contributed by atoms with Crippen molar-refractivity contribution in [3.8, 4) is 11.6 Å². The van der Waals surface area contributed by atoms with Crippen molar-refractivity contribution in [2.75, 3.05) is 7.11 Å². The minimum Gasteiger partial charge on any atom is -0.464 e. The molecule has 0 radical (unpaired) electrons. The highest BCUT2D eigenvalue weighted by Gasteiger charge is 2.24. The first-order valence-electron chi connectivity index (χ1n) is 7.68. The Morgan fingerprint density at radius 3 is 2.67 bits per heavy atom. The van der Waals surface area contributed by atoms with Crippen molar-refractivity contribution in [3.63, 3.8) is 0 Å². The van der Waals surface area contributed by atoms with Crippen LogP contribution >= 0.6 is 11.3 Å². The van der Waals surface area contributed by atoms with Crippen molar-refractivity contribution >= 4 is 23.2 Å². The Bertz CT molecular complexity index is 736. The predicted octanol–water partition coefficient (Wildman–Crippen LogP) is 3.12. The Balaban J connectivity index is 2.29. The number of rotatable bonds is 6. The van der Waals surface area contributed by atoms with Crippen molar-refractivity contribution in [1.29, 1.82) is 0 Å². The van der Waals surface area contributed by atoms with Gasteiger partial charge in [-0.05, 0) is 12.8 Å². The van der Waals surface area contributed by atoms with Crippen LogP contribution in [0.4, 0.5) is 0 Å². The molecular weight excluding hydrogens is 330 g/mol. The van der Waals surface area contributed by atoms with Crippen LogP contribution in [0.15, 0.2) is 9.80 Å². The highest BCUT2D eigenvalue weighted by atomic mass is 32.1. The molecule has 1 N–H and O–H groups in total. The average Bonchev–Trinajstić information content (AvgIpc) is 3.17. The summed E-state index contributed by atoms with van der Waals surface area (Å²) in [5.41, 5.74) is 0.673. The van der Waals surface area contributed by atoms with E-state index in [9.17, 15) is 9.59 Å². The second kappa shape index (κ2) is 7.57. The molecule has 2 rings (SSSR count). The quantitative estimate of drug-likeness (QED) is 0.804. The summed E-state index contributed by atoms with van der Waals surface area (Å²) in [6, 6.07) is -0.174. The lowest BCUT2D eigenvalue weighted by molar-refractivity contribution is -0.121. The van der Waals surface area contributed by atoms with Gasteiger partial charge in [-0.3, -0.25) is 4.79 Å². The number of aromatic nitrogens is 2. The lowest BCUT2D eigenvalue weighted by atomic mass is 10.1. The Labute approximate surface area is 144 Å². The van der Waals surface area contributed by atoms with E-state index < -0.39 is 5.97 Å². The summed E-state index contributed by atoms with van der Waals surface area (Å²) >= 11 is 1.42.